The number of aryl methyl sites for hydroxylation is 1. The van der Waals surface area contributed by atoms with Crippen molar-refractivity contribution in [3.05, 3.63) is 106 Å². The van der Waals surface area contributed by atoms with Gasteiger partial charge in [0.05, 0.1) is 23.8 Å². The van der Waals surface area contributed by atoms with E-state index in [9.17, 15) is 40.3 Å². The molecule has 12 heteroatoms. The predicted molar refractivity (Wildman–Crippen MR) is 136 cm³/mol. The van der Waals surface area contributed by atoms with E-state index in [-0.39, 0.29) is 22.2 Å². The van der Waals surface area contributed by atoms with Crippen LogP contribution < -0.4 is 5.76 Å². The summed E-state index contributed by atoms with van der Waals surface area (Å²) in [7, 11) is 2.31. The molecule has 0 aliphatic carbocycles. The summed E-state index contributed by atoms with van der Waals surface area (Å²) in [5.41, 5.74) is -6.15. The highest BCUT2D eigenvalue weighted by molar-refractivity contribution is 5.90. The third-order valence-electron chi connectivity index (χ3n) is 7.28. The molecule has 2 atom stereocenters. The van der Waals surface area contributed by atoms with E-state index in [2.05, 4.69) is 11.3 Å². The Hall–Kier alpha value is -4.35. The molecule has 216 valence electrons. The third-order valence-corrected chi connectivity index (χ3v) is 7.28. The molecule has 41 heavy (non-hydrogen) atoms. The van der Waals surface area contributed by atoms with Gasteiger partial charge in [-0.3, -0.25) is 4.57 Å². The molecule has 4 aromatic rings. The number of hydrogen-bond donors (Lipinski definition) is 0. The Morgan fingerprint density at radius 2 is 1.63 bits per heavy atom. The molecule has 0 bridgehead atoms. The van der Waals surface area contributed by atoms with Gasteiger partial charge in [-0.15, -0.1) is 6.58 Å². The largest absolute Gasteiger partial charge is 0.465 e. The van der Waals surface area contributed by atoms with Crippen molar-refractivity contribution in [2.45, 2.75) is 30.6 Å². The number of halogens is 7. The fourth-order valence-electron chi connectivity index (χ4n) is 5.03. The molecular weight excluding hydrogens is 559 g/mol. The number of ether oxygens (including phenoxy) is 1. The molecule has 0 N–H and O–H groups in total. The van der Waals surface area contributed by atoms with E-state index in [1.165, 1.54) is 13.1 Å². The van der Waals surface area contributed by atoms with Crippen molar-refractivity contribution in [3.63, 3.8) is 0 Å². The van der Waals surface area contributed by atoms with Crippen molar-refractivity contribution in [1.82, 2.24) is 4.57 Å². The zero-order chi connectivity index (χ0) is 30.5. The maximum absolute atomic E-state index is 14.9. The second kappa shape index (κ2) is 10.2. The van der Waals surface area contributed by atoms with E-state index in [4.69, 9.17) is 4.42 Å². The highest BCUT2D eigenvalue weighted by atomic mass is 19.4. The molecule has 1 aromatic heterocycles. The van der Waals surface area contributed by atoms with Gasteiger partial charge in [-0.05, 0) is 52.6 Å². The Balaban J connectivity index is 1.92. The van der Waals surface area contributed by atoms with Gasteiger partial charge in [0, 0.05) is 13.0 Å². The van der Waals surface area contributed by atoms with Crippen LogP contribution in [-0.4, -0.2) is 23.8 Å². The van der Waals surface area contributed by atoms with Crippen LogP contribution in [0, 0.1) is 5.82 Å². The van der Waals surface area contributed by atoms with E-state index in [0.29, 0.717) is 12.1 Å². The summed E-state index contributed by atoms with van der Waals surface area (Å²) >= 11 is 0. The Kier molecular flexibility index (Phi) is 7.40. The third kappa shape index (κ3) is 4.91. The second-order valence-corrected chi connectivity index (χ2v) is 9.39. The van der Waals surface area contributed by atoms with E-state index in [1.807, 2.05) is 0 Å². The molecule has 0 amide bonds. The number of esters is 1. The first kappa shape index (κ1) is 29.6. The number of aromatic nitrogens is 1. The fourth-order valence-corrected chi connectivity index (χ4v) is 5.03. The summed E-state index contributed by atoms with van der Waals surface area (Å²) < 4.78 is 113. The molecule has 0 saturated heterocycles. The van der Waals surface area contributed by atoms with Gasteiger partial charge in [0.1, 0.15) is 11.2 Å². The normalized spacial score (nSPS) is 14.5. The van der Waals surface area contributed by atoms with Crippen LogP contribution >= 0.6 is 0 Å². The summed E-state index contributed by atoms with van der Waals surface area (Å²) in [6.45, 7) is 4.36. The van der Waals surface area contributed by atoms with Crippen molar-refractivity contribution < 1.29 is 44.7 Å². The number of allylic oxidation sites excluding steroid dienone is 1. The zero-order valence-electron chi connectivity index (χ0n) is 21.8. The summed E-state index contributed by atoms with van der Waals surface area (Å²) in [6.07, 6.45) is -9.67. The minimum atomic E-state index is -5.13. The van der Waals surface area contributed by atoms with Gasteiger partial charge in [0.2, 0.25) is 0 Å². The molecule has 5 nitrogen and oxygen atoms in total. The van der Waals surface area contributed by atoms with Gasteiger partial charge in [-0.25, -0.2) is 14.0 Å². The lowest BCUT2D eigenvalue weighted by Gasteiger charge is -2.40. The van der Waals surface area contributed by atoms with Crippen LogP contribution in [0.2, 0.25) is 0 Å². The lowest BCUT2D eigenvalue weighted by Crippen LogP contribution is -2.45. The minimum absolute atomic E-state index is 0.000164. The molecule has 2 unspecified atom stereocenters. The Morgan fingerprint density at radius 1 is 1.00 bits per heavy atom. The number of fused-ring (bicyclic) bond motifs is 1. The zero-order valence-corrected chi connectivity index (χ0v) is 21.8. The van der Waals surface area contributed by atoms with Crippen molar-refractivity contribution >= 4 is 17.1 Å². The monoisotopic (exact) mass is 581 g/mol. The molecule has 0 aliphatic heterocycles. The van der Waals surface area contributed by atoms with Gasteiger partial charge in [0.15, 0.2) is 5.58 Å². The van der Waals surface area contributed by atoms with Gasteiger partial charge in [-0.1, -0.05) is 37.3 Å². The van der Waals surface area contributed by atoms with Crippen molar-refractivity contribution in [2.75, 3.05) is 7.11 Å². The number of rotatable bonds is 6. The van der Waals surface area contributed by atoms with Crippen LogP contribution in [0.3, 0.4) is 0 Å². The number of hydrogen-bond acceptors (Lipinski definition) is 4. The fraction of sp³-hybridized carbons (Fsp3) is 0.241. The van der Waals surface area contributed by atoms with Crippen molar-refractivity contribution in [2.24, 2.45) is 7.05 Å². The number of nitrogens with zero attached hydrogens (tertiary/aromatic N) is 1. The molecule has 3 aromatic carbocycles. The summed E-state index contributed by atoms with van der Waals surface area (Å²) in [5.74, 6) is -4.74. The summed E-state index contributed by atoms with van der Waals surface area (Å²) in [4.78, 5) is 23.6. The molecule has 4 rings (SSSR count). The van der Waals surface area contributed by atoms with E-state index < -0.39 is 63.5 Å². The standard InChI is InChI=1S/C29H22F7NO4/c1-5-27(29(34,35)36,18-8-11-24-23(14-18)37(3)26(39)41-24)15(2)19-9-6-16(12-21(19)28(31,32)33)17-7-10-20(22(30)13-17)25(38)40-4/h5-15H,1H2,2-4H3. The minimum Gasteiger partial charge on any atom is -0.465 e. The molecule has 0 radical (unpaired) electrons. The molecular formula is C29H22F7NO4. The SMILES string of the molecule is C=CC(c1ccc2oc(=O)n(C)c2c1)(C(C)c1ccc(-c2ccc(C(=O)OC)c(F)c2)cc1C(F)(F)F)C(F)(F)F. The highest BCUT2D eigenvalue weighted by Crippen LogP contribution is 2.54. The van der Waals surface area contributed by atoms with Gasteiger partial charge in [0.25, 0.3) is 0 Å². The molecule has 0 spiro atoms. The first-order valence-electron chi connectivity index (χ1n) is 12.0. The number of methoxy groups -OCH3 is 1. The first-order chi connectivity index (χ1) is 19.1. The lowest BCUT2D eigenvalue weighted by atomic mass is 9.66. The molecule has 1 heterocycles. The van der Waals surface area contributed by atoms with Gasteiger partial charge < -0.3 is 9.15 Å². The maximum atomic E-state index is 14.9. The summed E-state index contributed by atoms with van der Waals surface area (Å²) in [5, 5.41) is 0. The van der Waals surface area contributed by atoms with Gasteiger partial charge >= 0.3 is 24.1 Å². The van der Waals surface area contributed by atoms with Crippen LogP contribution in [0.5, 0.6) is 0 Å². The van der Waals surface area contributed by atoms with Crippen molar-refractivity contribution in [3.8, 4) is 11.1 Å². The van der Waals surface area contributed by atoms with E-state index in [0.717, 1.165) is 61.1 Å². The molecule has 0 aliphatic rings. The van der Waals surface area contributed by atoms with Crippen LogP contribution in [0.25, 0.3) is 22.2 Å². The Labute approximate surface area is 228 Å². The number of oxazole rings is 1. The van der Waals surface area contributed by atoms with E-state index >= 15 is 0 Å². The second-order valence-electron chi connectivity index (χ2n) is 9.39. The Bertz CT molecular complexity index is 1720. The topological polar surface area (TPSA) is 61.4 Å². The Morgan fingerprint density at radius 3 is 2.20 bits per heavy atom. The highest BCUT2D eigenvalue weighted by Gasteiger charge is 2.58. The molecule has 0 saturated carbocycles. The summed E-state index contributed by atoms with van der Waals surface area (Å²) in [6, 6.07) is 8.96. The number of alkyl halides is 6. The lowest BCUT2D eigenvalue weighted by molar-refractivity contribution is -0.182. The quantitative estimate of drug-likeness (QED) is 0.134. The molecule has 0 fully saturated rings. The van der Waals surface area contributed by atoms with Crippen LogP contribution in [0.1, 0.15) is 39.9 Å². The van der Waals surface area contributed by atoms with Crippen molar-refractivity contribution in [1.29, 1.82) is 0 Å². The van der Waals surface area contributed by atoms with Crippen LogP contribution in [-0.2, 0) is 23.4 Å². The van der Waals surface area contributed by atoms with E-state index in [1.54, 1.807) is 0 Å². The smallest absolute Gasteiger partial charge is 0.419 e. The van der Waals surface area contributed by atoms with Gasteiger partial charge in [-0.2, -0.15) is 26.3 Å². The average molecular weight is 581 g/mol. The number of carbonyl (C=O) groups excluding carboxylic acids is 1. The first-order valence-corrected chi connectivity index (χ1v) is 12.0. The predicted octanol–water partition coefficient (Wildman–Crippen LogP) is 7.53. The number of carbonyl (C=O) groups is 1. The van der Waals surface area contributed by atoms with Crippen LogP contribution in [0.15, 0.2) is 76.5 Å². The maximum Gasteiger partial charge on any atom is 0.419 e. The average Bonchev–Trinajstić information content (AvgIpc) is 3.19. The number of benzene rings is 3. The van der Waals surface area contributed by atoms with Crippen LogP contribution in [0.4, 0.5) is 30.7 Å².